The van der Waals surface area contributed by atoms with Crippen molar-refractivity contribution in [3.8, 4) is 5.75 Å². The second-order valence-electron chi connectivity index (χ2n) is 7.37. The Morgan fingerprint density at radius 1 is 1.26 bits per heavy atom. The highest BCUT2D eigenvalue weighted by atomic mass is 32.2. The van der Waals surface area contributed by atoms with Crippen molar-refractivity contribution in [2.75, 3.05) is 6.26 Å². The van der Waals surface area contributed by atoms with Gasteiger partial charge >= 0.3 is 10.1 Å². The van der Waals surface area contributed by atoms with E-state index in [2.05, 4.69) is 6.07 Å². The molecule has 0 amide bonds. The van der Waals surface area contributed by atoms with Gasteiger partial charge in [-0.3, -0.25) is 9.79 Å². The Kier molecular flexibility index (Phi) is 4.22. The molecule has 1 fully saturated rings. The Labute approximate surface area is 158 Å². The topological polar surface area (TPSA) is 85.9 Å². The predicted molar refractivity (Wildman–Crippen MR) is 103 cm³/mol. The van der Waals surface area contributed by atoms with Gasteiger partial charge in [-0.2, -0.15) is 8.42 Å². The first-order valence-corrected chi connectivity index (χ1v) is 10.8. The van der Waals surface area contributed by atoms with Crippen LogP contribution in [-0.4, -0.2) is 20.4 Å². The van der Waals surface area contributed by atoms with Crippen LogP contribution >= 0.6 is 0 Å². The summed E-state index contributed by atoms with van der Waals surface area (Å²) in [5.74, 6) is -0.00252. The maximum Gasteiger partial charge on any atom is 0.306 e. The van der Waals surface area contributed by atoms with Crippen molar-refractivity contribution in [1.82, 2.24) is 0 Å². The zero-order valence-corrected chi connectivity index (χ0v) is 16.1. The molecule has 1 saturated carbocycles. The van der Waals surface area contributed by atoms with Crippen LogP contribution in [-0.2, 0) is 22.0 Å². The molecule has 0 N–H and O–H groups in total. The van der Waals surface area contributed by atoms with Crippen LogP contribution in [0.2, 0.25) is 0 Å². The standard InChI is InChI=1S/C20H21NO5S/c1-13-6-7-15-14(11-13)20(9-4-3-5-18(20)21-15)12-17-19(26-27(2,23)24)16(22)8-10-25-17/h6-8,10-11H,3-5,9,12H2,1-2H3. The zero-order valence-electron chi connectivity index (χ0n) is 15.3. The van der Waals surface area contributed by atoms with Crippen LogP contribution in [0.25, 0.3) is 0 Å². The number of aliphatic imine (C=N–C) groups is 1. The molecule has 2 aromatic rings. The summed E-state index contributed by atoms with van der Waals surface area (Å²) in [7, 11) is -3.84. The van der Waals surface area contributed by atoms with Crippen molar-refractivity contribution < 1.29 is 17.0 Å². The van der Waals surface area contributed by atoms with E-state index in [9.17, 15) is 13.2 Å². The fourth-order valence-electron chi connectivity index (χ4n) is 4.20. The van der Waals surface area contributed by atoms with Gasteiger partial charge in [0.15, 0.2) is 5.76 Å². The molecule has 1 aliphatic heterocycles. The van der Waals surface area contributed by atoms with Crippen LogP contribution in [0.1, 0.15) is 42.6 Å². The number of aryl methyl sites for hydroxylation is 1. The number of hydrogen-bond acceptors (Lipinski definition) is 6. The van der Waals surface area contributed by atoms with E-state index in [4.69, 9.17) is 13.6 Å². The molecule has 1 unspecified atom stereocenters. The largest absolute Gasteiger partial charge is 0.465 e. The van der Waals surface area contributed by atoms with Crippen LogP contribution in [0.3, 0.4) is 0 Å². The molecule has 0 bridgehead atoms. The van der Waals surface area contributed by atoms with Gasteiger partial charge in [0.1, 0.15) is 0 Å². The lowest BCUT2D eigenvalue weighted by molar-refractivity contribution is 0.380. The average molecular weight is 387 g/mol. The van der Waals surface area contributed by atoms with Gasteiger partial charge in [-0.15, -0.1) is 0 Å². The first-order valence-electron chi connectivity index (χ1n) is 8.98. The maximum absolute atomic E-state index is 12.3. The number of hydrogen-bond donors (Lipinski definition) is 0. The highest BCUT2D eigenvalue weighted by molar-refractivity contribution is 7.86. The minimum absolute atomic E-state index is 0.247. The van der Waals surface area contributed by atoms with Gasteiger partial charge in [-0.1, -0.05) is 24.1 Å². The highest BCUT2D eigenvalue weighted by Gasteiger charge is 2.46. The van der Waals surface area contributed by atoms with Crippen molar-refractivity contribution in [3.05, 3.63) is 57.6 Å². The minimum atomic E-state index is -3.84. The number of nitrogens with zero attached hydrogens (tertiary/aromatic N) is 1. The molecule has 1 aromatic heterocycles. The van der Waals surface area contributed by atoms with Gasteiger partial charge in [0.05, 0.1) is 18.2 Å². The van der Waals surface area contributed by atoms with E-state index < -0.39 is 15.5 Å². The van der Waals surface area contributed by atoms with Crippen molar-refractivity contribution in [1.29, 1.82) is 0 Å². The maximum atomic E-state index is 12.3. The Balaban J connectivity index is 1.85. The molecule has 142 valence electrons. The smallest absolute Gasteiger partial charge is 0.306 e. The molecule has 0 spiro atoms. The summed E-state index contributed by atoms with van der Waals surface area (Å²) in [6.07, 6.45) is 6.42. The summed E-state index contributed by atoms with van der Waals surface area (Å²) in [6, 6.07) is 7.36. The summed E-state index contributed by atoms with van der Waals surface area (Å²) in [5.41, 5.74) is 3.39. The zero-order chi connectivity index (χ0) is 19.2. The summed E-state index contributed by atoms with van der Waals surface area (Å²) in [5, 5.41) is 0. The van der Waals surface area contributed by atoms with Crippen LogP contribution in [0.4, 0.5) is 5.69 Å². The van der Waals surface area contributed by atoms with Crippen LogP contribution in [0.15, 0.2) is 44.7 Å². The van der Waals surface area contributed by atoms with Gasteiger partial charge in [-0.05, 0) is 37.8 Å². The number of fused-ring (bicyclic) bond motifs is 3. The molecule has 1 aromatic carbocycles. The molecule has 27 heavy (non-hydrogen) atoms. The molecule has 0 saturated heterocycles. The first-order chi connectivity index (χ1) is 12.8. The van der Waals surface area contributed by atoms with Gasteiger partial charge in [-0.25, -0.2) is 0 Å². The Morgan fingerprint density at radius 2 is 2.07 bits per heavy atom. The molecule has 4 rings (SSSR count). The average Bonchev–Trinajstić information content (AvgIpc) is 2.91. The Bertz CT molecular complexity index is 1100. The summed E-state index contributed by atoms with van der Waals surface area (Å²) in [4.78, 5) is 17.1. The monoisotopic (exact) mass is 387 g/mol. The molecule has 6 nitrogen and oxygen atoms in total. The summed E-state index contributed by atoms with van der Waals surface area (Å²) in [6.45, 7) is 2.04. The van der Waals surface area contributed by atoms with Crippen LogP contribution < -0.4 is 9.61 Å². The highest BCUT2D eigenvalue weighted by Crippen LogP contribution is 2.50. The molecule has 7 heteroatoms. The molecule has 1 aliphatic carbocycles. The predicted octanol–water partition coefficient (Wildman–Crippen LogP) is 3.43. The van der Waals surface area contributed by atoms with E-state index in [0.717, 1.165) is 54.5 Å². The lowest BCUT2D eigenvalue weighted by Crippen LogP contribution is -2.38. The number of rotatable bonds is 4. The normalized spacial score (nSPS) is 21.3. The van der Waals surface area contributed by atoms with E-state index in [0.29, 0.717) is 6.42 Å². The Hall–Kier alpha value is -2.41. The third-order valence-electron chi connectivity index (χ3n) is 5.35. The molecular formula is C20H21NO5S. The third-order valence-corrected chi connectivity index (χ3v) is 5.82. The SMILES string of the molecule is Cc1ccc2c(c1)C1(Cc3occc(=O)c3OS(C)(=O)=O)CCCCC1=N2. The molecule has 1 atom stereocenters. The molecular weight excluding hydrogens is 366 g/mol. The van der Waals surface area contributed by atoms with Crippen LogP contribution in [0.5, 0.6) is 5.75 Å². The van der Waals surface area contributed by atoms with E-state index >= 15 is 0 Å². The fourth-order valence-corrected chi connectivity index (χ4v) is 4.67. The second kappa shape index (κ2) is 6.34. The lowest BCUT2D eigenvalue weighted by atomic mass is 9.66. The summed E-state index contributed by atoms with van der Waals surface area (Å²) < 4.78 is 33.9. The van der Waals surface area contributed by atoms with E-state index in [-0.39, 0.29) is 16.9 Å². The fraction of sp³-hybridized carbons (Fsp3) is 0.400. The third kappa shape index (κ3) is 3.20. The second-order valence-corrected chi connectivity index (χ2v) is 8.94. The Morgan fingerprint density at radius 3 is 2.85 bits per heavy atom. The van der Waals surface area contributed by atoms with Crippen molar-refractivity contribution in [3.63, 3.8) is 0 Å². The van der Waals surface area contributed by atoms with E-state index in [1.54, 1.807) is 0 Å². The van der Waals surface area contributed by atoms with E-state index in [1.807, 2.05) is 19.1 Å². The number of benzene rings is 1. The van der Waals surface area contributed by atoms with E-state index in [1.165, 1.54) is 12.3 Å². The van der Waals surface area contributed by atoms with Gasteiger partial charge in [0, 0.05) is 23.6 Å². The minimum Gasteiger partial charge on any atom is -0.465 e. The van der Waals surface area contributed by atoms with Gasteiger partial charge in [0.2, 0.25) is 11.2 Å². The molecule has 0 radical (unpaired) electrons. The quantitative estimate of drug-likeness (QED) is 0.750. The lowest BCUT2D eigenvalue weighted by Gasteiger charge is -2.35. The van der Waals surface area contributed by atoms with Crippen LogP contribution in [0, 0.1) is 6.92 Å². The molecule has 2 aliphatic rings. The van der Waals surface area contributed by atoms with Gasteiger partial charge in [0.25, 0.3) is 0 Å². The van der Waals surface area contributed by atoms with Crippen molar-refractivity contribution in [2.45, 2.75) is 44.4 Å². The van der Waals surface area contributed by atoms with Crippen molar-refractivity contribution in [2.24, 2.45) is 4.99 Å². The van der Waals surface area contributed by atoms with Gasteiger partial charge < -0.3 is 8.60 Å². The molecule has 2 heterocycles. The van der Waals surface area contributed by atoms with Crippen molar-refractivity contribution >= 4 is 21.5 Å². The first kappa shape index (κ1) is 18.0. The summed E-state index contributed by atoms with van der Waals surface area (Å²) >= 11 is 0.